The number of halogens is 11. The molecule has 0 aliphatic rings. The Morgan fingerprint density at radius 3 is 1.61 bits per heavy atom. The smallest absolute Gasteiger partial charge is 0.359 e. The second-order valence-electron chi connectivity index (χ2n) is 4.21. The van der Waals surface area contributed by atoms with Gasteiger partial charge in [-0.15, -0.1) is 0 Å². The molecule has 132 valence electrons. The van der Waals surface area contributed by atoms with Crippen molar-refractivity contribution in [1.82, 2.24) is 4.98 Å². The molecule has 1 aromatic heterocycles. The molecule has 0 aliphatic heterocycles. The molecule has 1 N–H and O–H groups in total. The van der Waals surface area contributed by atoms with Crippen LogP contribution < -0.4 is 0 Å². The number of carbonyl (C=O) groups excluding carboxylic acids is 1. The van der Waals surface area contributed by atoms with E-state index in [1.165, 1.54) is 0 Å². The Morgan fingerprint density at radius 1 is 0.783 bits per heavy atom. The molecule has 1 aromatic rings. The quantitative estimate of drug-likeness (QED) is 0.614. The lowest BCUT2D eigenvalue weighted by Gasteiger charge is -2.36. The maximum Gasteiger partial charge on any atom is 0.460 e. The van der Waals surface area contributed by atoms with E-state index in [2.05, 4.69) is 0 Å². The first kappa shape index (κ1) is 19.2. The molecule has 0 bridgehead atoms. The highest BCUT2D eigenvalue weighted by Crippen LogP contribution is 2.57. The van der Waals surface area contributed by atoms with Gasteiger partial charge in [-0.25, -0.2) is 0 Å². The monoisotopic (exact) mass is 363 g/mol. The fourth-order valence-corrected chi connectivity index (χ4v) is 1.36. The summed E-state index contributed by atoms with van der Waals surface area (Å²) in [5.41, 5.74) is -1.39. The summed E-state index contributed by atoms with van der Waals surface area (Å²) in [6, 6.07) is 1.20. The van der Waals surface area contributed by atoms with Crippen molar-refractivity contribution in [1.29, 1.82) is 0 Å². The Labute approximate surface area is 119 Å². The average molecular weight is 363 g/mol. The van der Waals surface area contributed by atoms with Crippen LogP contribution in [-0.2, 0) is 0 Å². The average Bonchev–Trinajstić information content (AvgIpc) is 2.89. The number of aromatic amines is 1. The summed E-state index contributed by atoms with van der Waals surface area (Å²) in [6.45, 7) is 0. The van der Waals surface area contributed by atoms with E-state index in [-0.39, 0.29) is 0 Å². The molecule has 0 spiro atoms. The molecule has 0 fully saturated rings. The van der Waals surface area contributed by atoms with Crippen molar-refractivity contribution in [3.63, 3.8) is 0 Å². The molecule has 1 heterocycles. The molecule has 0 amide bonds. The van der Waals surface area contributed by atoms with E-state index in [9.17, 15) is 53.1 Å². The second-order valence-corrected chi connectivity index (χ2v) is 4.21. The summed E-state index contributed by atoms with van der Waals surface area (Å²) in [7, 11) is 0. The van der Waals surface area contributed by atoms with Crippen LogP contribution in [0.5, 0.6) is 0 Å². The number of ketones is 1. The van der Waals surface area contributed by atoms with Crippen molar-refractivity contribution in [2.24, 2.45) is 0 Å². The van der Waals surface area contributed by atoms with Gasteiger partial charge in [0.1, 0.15) is 0 Å². The van der Waals surface area contributed by atoms with Gasteiger partial charge in [0.2, 0.25) is 0 Å². The predicted octanol–water partition coefficient (Wildman–Crippen LogP) is 4.30. The zero-order valence-electron chi connectivity index (χ0n) is 10.3. The zero-order valence-corrected chi connectivity index (χ0v) is 10.3. The van der Waals surface area contributed by atoms with Gasteiger partial charge in [-0.2, -0.15) is 48.3 Å². The molecule has 0 aliphatic carbocycles. The SMILES string of the molecule is O=C(c1ccc[nH]1)C(F)(F)C(F)(F)C(F)(F)C(F)(F)C(F)(F)F. The molecule has 23 heavy (non-hydrogen) atoms. The summed E-state index contributed by atoms with van der Waals surface area (Å²) in [5, 5.41) is 0. The zero-order chi connectivity index (χ0) is 18.5. The van der Waals surface area contributed by atoms with Crippen molar-refractivity contribution < 1.29 is 53.1 Å². The van der Waals surface area contributed by atoms with Crippen LogP contribution >= 0.6 is 0 Å². The lowest BCUT2D eigenvalue weighted by molar-refractivity contribution is -0.415. The third-order valence-electron chi connectivity index (χ3n) is 2.67. The number of hydrogen-bond acceptors (Lipinski definition) is 1. The summed E-state index contributed by atoms with van der Waals surface area (Å²) in [5.74, 6) is -32.1. The van der Waals surface area contributed by atoms with Crippen LogP contribution in [0.25, 0.3) is 0 Å². The highest BCUT2D eigenvalue weighted by molar-refractivity contribution is 6.00. The standard InChI is InChI=1S/C10H4F11NO/c11-6(12,5(23)4-2-1-3-22-4)7(13,14)8(15,16)9(17,18)10(19,20)21/h1-3,22H. The third kappa shape index (κ3) is 2.55. The van der Waals surface area contributed by atoms with Gasteiger partial charge in [0, 0.05) is 6.20 Å². The summed E-state index contributed by atoms with van der Waals surface area (Å²) < 4.78 is 139. The lowest BCUT2D eigenvalue weighted by atomic mass is 9.94. The molecule has 0 saturated heterocycles. The molecule has 0 atom stereocenters. The van der Waals surface area contributed by atoms with Crippen molar-refractivity contribution in [2.45, 2.75) is 29.9 Å². The van der Waals surface area contributed by atoms with Crippen molar-refractivity contribution in [3.05, 3.63) is 24.0 Å². The van der Waals surface area contributed by atoms with Gasteiger partial charge in [0.05, 0.1) is 5.69 Å². The van der Waals surface area contributed by atoms with Crippen molar-refractivity contribution in [3.8, 4) is 0 Å². The lowest BCUT2D eigenvalue weighted by Crippen LogP contribution is -2.68. The van der Waals surface area contributed by atoms with E-state index >= 15 is 0 Å². The van der Waals surface area contributed by atoms with Crippen LogP contribution in [0.2, 0.25) is 0 Å². The molecule has 0 aromatic carbocycles. The van der Waals surface area contributed by atoms with Crippen LogP contribution in [-0.4, -0.2) is 40.6 Å². The molecular formula is C10H4F11NO. The van der Waals surface area contributed by atoms with Crippen LogP contribution in [0, 0.1) is 0 Å². The van der Waals surface area contributed by atoms with E-state index in [0.717, 1.165) is 12.3 Å². The Kier molecular flexibility index (Phi) is 4.26. The first-order chi connectivity index (χ1) is 10.0. The van der Waals surface area contributed by atoms with Gasteiger partial charge in [-0.05, 0) is 12.1 Å². The molecule has 13 heteroatoms. The minimum Gasteiger partial charge on any atom is -0.359 e. The predicted molar refractivity (Wildman–Crippen MR) is 51.0 cm³/mol. The maximum atomic E-state index is 13.3. The van der Waals surface area contributed by atoms with E-state index in [4.69, 9.17) is 0 Å². The van der Waals surface area contributed by atoms with Crippen molar-refractivity contribution >= 4 is 5.78 Å². The van der Waals surface area contributed by atoms with Crippen molar-refractivity contribution in [2.75, 3.05) is 0 Å². The maximum absolute atomic E-state index is 13.3. The summed E-state index contributed by atoms with van der Waals surface area (Å²) in [6.07, 6.45) is -6.53. The van der Waals surface area contributed by atoms with Gasteiger partial charge in [-0.3, -0.25) is 4.79 Å². The minimum absolute atomic E-state index is 0.409. The number of hydrogen-bond donors (Lipinski definition) is 1. The fraction of sp³-hybridized carbons (Fsp3) is 0.500. The number of aromatic nitrogens is 1. The van der Waals surface area contributed by atoms with Gasteiger partial charge < -0.3 is 4.98 Å². The molecular weight excluding hydrogens is 359 g/mol. The number of H-pyrrole nitrogens is 1. The summed E-state index contributed by atoms with van der Waals surface area (Å²) in [4.78, 5) is 12.7. The van der Waals surface area contributed by atoms with E-state index in [1.807, 2.05) is 0 Å². The van der Waals surface area contributed by atoms with Gasteiger partial charge >= 0.3 is 29.9 Å². The third-order valence-corrected chi connectivity index (χ3v) is 2.67. The molecule has 0 saturated carbocycles. The normalized spacial score (nSPS) is 14.9. The number of carbonyl (C=O) groups is 1. The molecule has 1 rings (SSSR count). The molecule has 0 radical (unpaired) electrons. The van der Waals surface area contributed by atoms with Crippen LogP contribution in [0.15, 0.2) is 18.3 Å². The Morgan fingerprint density at radius 2 is 1.26 bits per heavy atom. The van der Waals surface area contributed by atoms with E-state index < -0.39 is 41.3 Å². The van der Waals surface area contributed by atoms with E-state index in [1.54, 1.807) is 4.98 Å². The number of nitrogens with one attached hydrogen (secondary N) is 1. The van der Waals surface area contributed by atoms with E-state index in [0.29, 0.717) is 6.07 Å². The van der Waals surface area contributed by atoms with Crippen LogP contribution in [0.3, 0.4) is 0 Å². The minimum atomic E-state index is -7.59. The highest BCUT2D eigenvalue weighted by Gasteiger charge is 2.88. The first-order valence-corrected chi connectivity index (χ1v) is 5.28. The molecule has 0 unspecified atom stereocenters. The second kappa shape index (κ2) is 5.09. The summed E-state index contributed by atoms with van der Waals surface area (Å²) >= 11 is 0. The highest BCUT2D eigenvalue weighted by atomic mass is 19.4. The number of rotatable bonds is 5. The van der Waals surface area contributed by atoms with Crippen LogP contribution in [0.1, 0.15) is 10.5 Å². The van der Waals surface area contributed by atoms with Gasteiger partial charge in [0.25, 0.3) is 5.78 Å². The number of alkyl halides is 11. The fourth-order valence-electron chi connectivity index (χ4n) is 1.36. The number of Topliss-reactive ketones (excluding diaryl/α,β-unsaturated/α-hetero) is 1. The largest absolute Gasteiger partial charge is 0.460 e. The topological polar surface area (TPSA) is 32.9 Å². The van der Waals surface area contributed by atoms with Gasteiger partial charge in [0.15, 0.2) is 0 Å². The Hall–Kier alpha value is -1.82. The first-order valence-electron chi connectivity index (χ1n) is 5.28. The van der Waals surface area contributed by atoms with Gasteiger partial charge in [-0.1, -0.05) is 0 Å². The molecule has 2 nitrogen and oxygen atoms in total. The Balaban J connectivity index is 3.41. The Bertz CT molecular complexity index is 572. The van der Waals surface area contributed by atoms with Crippen LogP contribution in [0.4, 0.5) is 48.3 Å².